The third kappa shape index (κ3) is 5.56. The van der Waals surface area contributed by atoms with Crippen molar-refractivity contribution in [2.75, 3.05) is 18.5 Å². The van der Waals surface area contributed by atoms with Gasteiger partial charge in [0.2, 0.25) is 15.9 Å². The van der Waals surface area contributed by atoms with Crippen molar-refractivity contribution in [1.29, 1.82) is 0 Å². The number of hydrogen-bond acceptors (Lipinski definition) is 5. The van der Waals surface area contributed by atoms with Crippen molar-refractivity contribution >= 4 is 33.7 Å². The van der Waals surface area contributed by atoms with E-state index < -0.39 is 33.8 Å². The van der Waals surface area contributed by atoms with E-state index in [4.69, 9.17) is 4.74 Å². The number of esters is 1. The number of anilines is 1. The molecule has 0 unspecified atom stereocenters. The van der Waals surface area contributed by atoms with Crippen molar-refractivity contribution in [3.63, 3.8) is 0 Å². The van der Waals surface area contributed by atoms with Crippen LogP contribution < -0.4 is 5.32 Å². The first-order valence-corrected chi connectivity index (χ1v) is 11.3. The summed E-state index contributed by atoms with van der Waals surface area (Å²) in [5.74, 6) is -1.41. The van der Waals surface area contributed by atoms with Crippen LogP contribution in [0.25, 0.3) is 6.08 Å². The number of amides is 1. The lowest BCUT2D eigenvalue weighted by atomic mass is 10.1. The summed E-state index contributed by atoms with van der Waals surface area (Å²) in [4.78, 5) is 24.1. The first kappa shape index (κ1) is 22.6. The standard InChI is InChI=1S/C22H23FN2O5S/c1-2-30-21(26)14-7-16-5-10-18(11-6-16)24-22(27)20-4-3-15-25(20)31(28,29)19-12-8-17(23)9-13-19/h5-14,20H,2-4,15H2,1H3,(H,24,27)/b14-7+/t20-/m1/s1. The van der Waals surface area contributed by atoms with Gasteiger partial charge in [-0.25, -0.2) is 17.6 Å². The summed E-state index contributed by atoms with van der Waals surface area (Å²) >= 11 is 0. The Labute approximate surface area is 180 Å². The third-order valence-corrected chi connectivity index (χ3v) is 6.73. The van der Waals surface area contributed by atoms with E-state index in [0.29, 0.717) is 25.1 Å². The van der Waals surface area contributed by atoms with Crippen molar-refractivity contribution in [3.8, 4) is 0 Å². The van der Waals surface area contributed by atoms with E-state index in [9.17, 15) is 22.4 Å². The molecule has 2 aromatic carbocycles. The van der Waals surface area contributed by atoms with Crippen LogP contribution in [0.1, 0.15) is 25.3 Å². The summed E-state index contributed by atoms with van der Waals surface area (Å²) in [5, 5.41) is 2.74. The maximum Gasteiger partial charge on any atom is 0.330 e. The Morgan fingerprint density at radius 2 is 1.84 bits per heavy atom. The van der Waals surface area contributed by atoms with Crippen LogP contribution in [0.3, 0.4) is 0 Å². The van der Waals surface area contributed by atoms with Crippen molar-refractivity contribution < 1.29 is 27.1 Å². The topological polar surface area (TPSA) is 92.8 Å². The molecule has 31 heavy (non-hydrogen) atoms. The second kappa shape index (κ2) is 9.84. The fraction of sp³-hybridized carbons (Fsp3) is 0.273. The van der Waals surface area contributed by atoms with Gasteiger partial charge in [-0.15, -0.1) is 0 Å². The van der Waals surface area contributed by atoms with E-state index in [1.807, 2.05) is 0 Å². The van der Waals surface area contributed by atoms with Crippen LogP contribution in [0, 0.1) is 5.82 Å². The summed E-state index contributed by atoms with van der Waals surface area (Å²) in [5.41, 5.74) is 1.25. The smallest absolute Gasteiger partial charge is 0.330 e. The second-order valence-corrected chi connectivity index (χ2v) is 8.81. The Balaban J connectivity index is 1.68. The normalized spacial score (nSPS) is 17.0. The lowest BCUT2D eigenvalue weighted by molar-refractivity contribution is -0.137. The van der Waals surface area contributed by atoms with Crippen LogP contribution >= 0.6 is 0 Å². The van der Waals surface area contributed by atoms with Crippen LogP contribution in [0.4, 0.5) is 10.1 Å². The monoisotopic (exact) mass is 446 g/mol. The van der Waals surface area contributed by atoms with Gasteiger partial charge >= 0.3 is 5.97 Å². The van der Waals surface area contributed by atoms with E-state index in [1.54, 1.807) is 37.3 Å². The molecule has 0 radical (unpaired) electrons. The van der Waals surface area contributed by atoms with Gasteiger partial charge in [0.15, 0.2) is 0 Å². The van der Waals surface area contributed by atoms with Crippen LogP contribution in [-0.2, 0) is 24.3 Å². The molecule has 1 aliphatic heterocycles. The molecule has 0 spiro atoms. The second-order valence-electron chi connectivity index (χ2n) is 6.92. The minimum absolute atomic E-state index is 0.0497. The number of rotatable bonds is 7. The average molecular weight is 447 g/mol. The first-order valence-electron chi connectivity index (χ1n) is 9.84. The molecule has 7 nitrogen and oxygen atoms in total. The minimum atomic E-state index is -3.92. The van der Waals surface area contributed by atoms with E-state index >= 15 is 0 Å². The Morgan fingerprint density at radius 3 is 2.48 bits per heavy atom. The first-order chi connectivity index (χ1) is 14.8. The van der Waals surface area contributed by atoms with Crippen molar-refractivity contribution in [1.82, 2.24) is 4.31 Å². The number of carbonyl (C=O) groups is 2. The van der Waals surface area contributed by atoms with Gasteiger partial charge in [-0.2, -0.15) is 4.31 Å². The Bertz CT molecular complexity index is 1070. The number of ether oxygens (including phenoxy) is 1. The number of hydrogen-bond donors (Lipinski definition) is 1. The van der Waals surface area contributed by atoms with E-state index in [2.05, 4.69) is 5.32 Å². The largest absolute Gasteiger partial charge is 0.463 e. The van der Waals surface area contributed by atoms with Gasteiger partial charge in [0, 0.05) is 18.3 Å². The highest BCUT2D eigenvalue weighted by molar-refractivity contribution is 7.89. The van der Waals surface area contributed by atoms with Crippen LogP contribution in [0.5, 0.6) is 0 Å². The lowest BCUT2D eigenvalue weighted by Crippen LogP contribution is -2.43. The maximum absolute atomic E-state index is 13.2. The van der Waals surface area contributed by atoms with Gasteiger partial charge in [0.25, 0.3) is 0 Å². The minimum Gasteiger partial charge on any atom is -0.463 e. The van der Waals surface area contributed by atoms with Gasteiger partial charge < -0.3 is 10.1 Å². The zero-order valence-electron chi connectivity index (χ0n) is 17.0. The predicted molar refractivity (Wildman–Crippen MR) is 114 cm³/mol. The molecule has 164 valence electrons. The number of sulfonamides is 1. The number of benzene rings is 2. The Kier molecular flexibility index (Phi) is 7.19. The molecule has 3 rings (SSSR count). The molecule has 0 aromatic heterocycles. The highest BCUT2D eigenvalue weighted by Gasteiger charge is 2.39. The molecule has 1 aliphatic rings. The molecule has 1 saturated heterocycles. The van der Waals surface area contributed by atoms with Gasteiger partial charge in [0.05, 0.1) is 11.5 Å². The molecular formula is C22H23FN2O5S. The molecular weight excluding hydrogens is 423 g/mol. The maximum atomic E-state index is 13.2. The summed E-state index contributed by atoms with van der Waals surface area (Å²) in [6, 6.07) is 10.5. The van der Waals surface area contributed by atoms with Crippen molar-refractivity contribution in [2.24, 2.45) is 0 Å². The quantitative estimate of drug-likeness (QED) is 0.521. The fourth-order valence-corrected chi connectivity index (χ4v) is 4.95. The molecule has 1 amide bonds. The van der Waals surface area contributed by atoms with E-state index in [-0.39, 0.29) is 11.4 Å². The lowest BCUT2D eigenvalue weighted by Gasteiger charge is -2.23. The molecule has 1 N–H and O–H groups in total. The summed E-state index contributed by atoms with van der Waals surface area (Å²) in [6.45, 7) is 2.23. The SMILES string of the molecule is CCOC(=O)/C=C/c1ccc(NC(=O)[C@H]2CCCN2S(=O)(=O)c2ccc(F)cc2)cc1. The van der Waals surface area contributed by atoms with E-state index in [0.717, 1.165) is 22.0 Å². The molecule has 0 saturated carbocycles. The molecule has 1 atom stereocenters. The van der Waals surface area contributed by atoms with Gasteiger partial charge in [-0.3, -0.25) is 4.79 Å². The number of nitrogens with one attached hydrogen (secondary N) is 1. The summed E-state index contributed by atoms with van der Waals surface area (Å²) in [6.07, 6.45) is 3.86. The van der Waals surface area contributed by atoms with Gasteiger partial charge in [-0.05, 0) is 67.8 Å². The highest BCUT2D eigenvalue weighted by Crippen LogP contribution is 2.27. The number of carbonyl (C=O) groups excluding carboxylic acids is 2. The van der Waals surface area contributed by atoms with Crippen molar-refractivity contribution in [2.45, 2.75) is 30.7 Å². The molecule has 0 bridgehead atoms. The zero-order valence-corrected chi connectivity index (χ0v) is 17.8. The average Bonchev–Trinajstić information content (AvgIpc) is 3.25. The third-order valence-electron chi connectivity index (χ3n) is 4.80. The fourth-order valence-electron chi connectivity index (χ4n) is 3.29. The van der Waals surface area contributed by atoms with Crippen LogP contribution in [-0.4, -0.2) is 43.8 Å². The van der Waals surface area contributed by atoms with Crippen LogP contribution in [0.15, 0.2) is 59.5 Å². The highest BCUT2D eigenvalue weighted by atomic mass is 32.2. The Morgan fingerprint density at radius 1 is 1.16 bits per heavy atom. The molecule has 9 heteroatoms. The van der Waals surface area contributed by atoms with E-state index in [1.165, 1.54) is 18.2 Å². The summed E-state index contributed by atoms with van der Waals surface area (Å²) in [7, 11) is -3.92. The molecule has 1 fully saturated rings. The molecule has 2 aromatic rings. The van der Waals surface area contributed by atoms with Gasteiger partial charge in [0.1, 0.15) is 11.9 Å². The Hall–Kier alpha value is -3.04. The number of nitrogens with zero attached hydrogens (tertiary/aromatic N) is 1. The summed E-state index contributed by atoms with van der Waals surface area (Å²) < 4.78 is 44.9. The van der Waals surface area contributed by atoms with Crippen LogP contribution in [0.2, 0.25) is 0 Å². The number of halogens is 1. The predicted octanol–water partition coefficient (Wildman–Crippen LogP) is 3.19. The zero-order chi connectivity index (χ0) is 22.4. The molecule has 1 heterocycles. The van der Waals surface area contributed by atoms with Crippen molar-refractivity contribution in [3.05, 3.63) is 66.0 Å². The molecule has 0 aliphatic carbocycles. The van der Waals surface area contributed by atoms with Gasteiger partial charge in [-0.1, -0.05) is 12.1 Å².